The first kappa shape index (κ1) is 39.3. The number of aliphatic hydroxyl groups is 1. The highest BCUT2D eigenvalue weighted by molar-refractivity contribution is 6.36. The van der Waals surface area contributed by atoms with E-state index in [2.05, 4.69) is 10.7 Å². The van der Waals surface area contributed by atoms with E-state index >= 15 is 9.59 Å². The second-order valence-electron chi connectivity index (χ2n) is 15.4. The third-order valence-corrected chi connectivity index (χ3v) is 12.9. The number of fused-ring (bicyclic) bond motifs is 4. The van der Waals surface area contributed by atoms with Gasteiger partial charge >= 0.3 is 0 Å². The van der Waals surface area contributed by atoms with Crippen molar-refractivity contribution >= 4 is 69.6 Å². The summed E-state index contributed by atoms with van der Waals surface area (Å²) < 4.78 is 11.7. The topological polar surface area (TPSA) is 138 Å². The number of ether oxygens (including phenoxy) is 2. The molecule has 0 bridgehead atoms. The standard InChI is InChI=1S/C47H40Cl2N4O7/c1-59-32-18-11-27(12-19-32)47-37(44(56)53(46(47)58)51-39-22-13-28(48)25-38(39)49)26-36-33(42(47)34-9-5-6-10-40(34)60-24-23-54)20-21-35-41(36)45(57)52(43(35)55)31-16-14-30(15-17-31)50-29-7-3-2-4-8-29/h2-20,22,25,35-37,41-42,50-51,54H,21,23-24,26H2,1H3. The zero-order chi connectivity index (χ0) is 41.7. The molecule has 11 nitrogen and oxygen atoms in total. The largest absolute Gasteiger partial charge is 0.497 e. The minimum atomic E-state index is -1.57. The second-order valence-corrected chi connectivity index (χ2v) is 16.2. The van der Waals surface area contributed by atoms with Gasteiger partial charge in [0.2, 0.25) is 11.8 Å². The molecule has 6 atom stereocenters. The van der Waals surface area contributed by atoms with E-state index in [0.717, 1.165) is 22.0 Å². The zero-order valence-electron chi connectivity index (χ0n) is 32.4. The van der Waals surface area contributed by atoms with Crippen LogP contribution >= 0.6 is 23.2 Å². The van der Waals surface area contributed by atoms with E-state index in [4.69, 9.17) is 32.7 Å². The van der Waals surface area contributed by atoms with E-state index < -0.39 is 46.8 Å². The second kappa shape index (κ2) is 15.8. The maximum Gasteiger partial charge on any atom is 0.260 e. The van der Waals surface area contributed by atoms with Gasteiger partial charge in [-0.05, 0) is 97.1 Å². The lowest BCUT2D eigenvalue weighted by Gasteiger charge is -2.50. The number of nitrogens with one attached hydrogen (secondary N) is 2. The third-order valence-electron chi connectivity index (χ3n) is 12.3. The summed E-state index contributed by atoms with van der Waals surface area (Å²) in [5, 5.41) is 14.8. The molecule has 1 saturated carbocycles. The lowest BCUT2D eigenvalue weighted by atomic mass is 9.49. The van der Waals surface area contributed by atoms with Crippen molar-refractivity contribution in [2.24, 2.45) is 23.7 Å². The highest BCUT2D eigenvalue weighted by Gasteiger charge is 2.70. The Morgan fingerprint density at radius 3 is 2.23 bits per heavy atom. The van der Waals surface area contributed by atoms with Crippen molar-refractivity contribution in [1.29, 1.82) is 0 Å². The van der Waals surface area contributed by atoms with E-state index in [1.165, 1.54) is 11.0 Å². The van der Waals surface area contributed by atoms with Crippen LogP contribution in [0.15, 0.2) is 133 Å². The van der Waals surface area contributed by atoms with E-state index in [0.29, 0.717) is 39.0 Å². The monoisotopic (exact) mass is 842 g/mol. The SMILES string of the molecule is COc1ccc(C23C(=O)N(Nc4ccc(Cl)cc4Cl)C(=O)C2CC2C(=CCC4C(=O)N(c5ccc(Nc6ccccc6)cc5)C(=O)C42)C3c2ccccc2OCCO)cc1. The molecule has 304 valence electrons. The van der Waals surface area contributed by atoms with Gasteiger partial charge in [0.15, 0.2) is 0 Å². The summed E-state index contributed by atoms with van der Waals surface area (Å²) in [6, 6.07) is 35.9. The van der Waals surface area contributed by atoms with Crippen LogP contribution in [-0.4, -0.2) is 54.1 Å². The van der Waals surface area contributed by atoms with Crippen molar-refractivity contribution in [3.8, 4) is 11.5 Å². The molecule has 0 spiro atoms. The van der Waals surface area contributed by atoms with Crippen LogP contribution in [0.1, 0.15) is 29.9 Å². The molecule has 4 aliphatic rings. The molecule has 5 aromatic rings. The Bertz CT molecular complexity index is 2530. The summed E-state index contributed by atoms with van der Waals surface area (Å²) in [5.74, 6) is -4.71. The molecule has 0 radical (unpaired) electrons. The van der Waals surface area contributed by atoms with Gasteiger partial charge in [-0.15, -0.1) is 0 Å². The number of rotatable bonds is 11. The van der Waals surface area contributed by atoms with Crippen molar-refractivity contribution in [3.05, 3.63) is 154 Å². The van der Waals surface area contributed by atoms with Gasteiger partial charge in [0.05, 0.1) is 53.3 Å². The molecule has 5 aromatic carbocycles. The zero-order valence-corrected chi connectivity index (χ0v) is 33.9. The van der Waals surface area contributed by atoms with Crippen LogP contribution in [0.5, 0.6) is 11.5 Å². The highest BCUT2D eigenvalue weighted by Crippen LogP contribution is 2.65. The fourth-order valence-electron chi connectivity index (χ4n) is 9.83. The van der Waals surface area contributed by atoms with E-state index in [1.54, 1.807) is 67.8 Å². The number of hydrogen-bond acceptors (Lipinski definition) is 9. The molecule has 3 fully saturated rings. The summed E-state index contributed by atoms with van der Waals surface area (Å²) in [6.07, 6.45) is 2.33. The number of hydrazine groups is 1. The fraction of sp³-hybridized carbons (Fsp3) is 0.234. The summed E-state index contributed by atoms with van der Waals surface area (Å²) in [7, 11) is 1.55. The first-order chi connectivity index (χ1) is 29.1. The lowest BCUT2D eigenvalue weighted by molar-refractivity contribution is -0.138. The summed E-state index contributed by atoms with van der Waals surface area (Å²) in [5.41, 5.74) is 5.80. The number of carbonyl (C=O) groups excluding carboxylic acids is 4. The van der Waals surface area contributed by atoms with Gasteiger partial charge in [0.1, 0.15) is 18.1 Å². The quantitative estimate of drug-likeness (QED) is 0.0886. The molecule has 2 aliphatic heterocycles. The van der Waals surface area contributed by atoms with E-state index in [-0.39, 0.29) is 42.9 Å². The first-order valence-electron chi connectivity index (χ1n) is 19.7. The number of amides is 4. The number of para-hydroxylation sites is 2. The van der Waals surface area contributed by atoms with Crippen molar-refractivity contribution < 1.29 is 33.8 Å². The molecule has 6 unspecified atom stereocenters. The number of carbonyl (C=O) groups is 4. The predicted molar refractivity (Wildman–Crippen MR) is 228 cm³/mol. The number of benzene rings is 5. The van der Waals surface area contributed by atoms with Crippen LogP contribution in [0.2, 0.25) is 10.0 Å². The molecule has 2 heterocycles. The molecule has 60 heavy (non-hydrogen) atoms. The van der Waals surface area contributed by atoms with Gasteiger partial charge in [0, 0.05) is 27.9 Å². The van der Waals surface area contributed by atoms with Gasteiger partial charge < -0.3 is 19.9 Å². The Kier molecular flexibility index (Phi) is 10.4. The Labute approximate surface area is 356 Å². The Balaban J connectivity index is 1.17. The predicted octanol–water partition coefficient (Wildman–Crippen LogP) is 8.31. The number of halogens is 2. The van der Waals surface area contributed by atoms with Crippen molar-refractivity contribution in [1.82, 2.24) is 5.01 Å². The Hall–Kier alpha value is -6.14. The summed E-state index contributed by atoms with van der Waals surface area (Å²) in [4.78, 5) is 61.2. The minimum absolute atomic E-state index is 0.0207. The van der Waals surface area contributed by atoms with Crippen LogP contribution < -0.4 is 25.1 Å². The number of nitrogens with zero attached hydrogens (tertiary/aromatic N) is 2. The van der Waals surface area contributed by atoms with E-state index in [9.17, 15) is 14.7 Å². The average Bonchev–Trinajstić information content (AvgIpc) is 3.65. The number of methoxy groups -OCH3 is 1. The van der Waals surface area contributed by atoms with Gasteiger partial charge in [-0.3, -0.25) is 29.5 Å². The van der Waals surface area contributed by atoms with Gasteiger partial charge in [-0.25, -0.2) is 0 Å². The van der Waals surface area contributed by atoms with Gasteiger partial charge in [-0.2, -0.15) is 5.01 Å². The molecule has 2 aliphatic carbocycles. The van der Waals surface area contributed by atoms with Crippen LogP contribution in [0.3, 0.4) is 0 Å². The van der Waals surface area contributed by atoms with Gasteiger partial charge in [0.25, 0.3) is 11.8 Å². The first-order valence-corrected chi connectivity index (χ1v) is 20.5. The molecular formula is C47H40Cl2N4O7. The van der Waals surface area contributed by atoms with E-state index in [1.807, 2.05) is 60.7 Å². The van der Waals surface area contributed by atoms with Crippen molar-refractivity contribution in [2.45, 2.75) is 24.2 Å². The molecular weight excluding hydrogens is 803 g/mol. The Morgan fingerprint density at radius 2 is 1.52 bits per heavy atom. The third kappa shape index (κ3) is 6.39. The lowest BCUT2D eigenvalue weighted by Crippen LogP contribution is -2.53. The Morgan fingerprint density at radius 1 is 0.800 bits per heavy atom. The van der Waals surface area contributed by atoms with Crippen LogP contribution in [0, 0.1) is 23.7 Å². The number of anilines is 4. The average molecular weight is 844 g/mol. The maximum absolute atomic E-state index is 15.6. The number of allylic oxidation sites excluding steroid dienone is 2. The van der Waals surface area contributed by atoms with Crippen molar-refractivity contribution in [2.75, 3.05) is 36.0 Å². The van der Waals surface area contributed by atoms with Gasteiger partial charge in [-0.1, -0.05) is 83.4 Å². The fourth-order valence-corrected chi connectivity index (χ4v) is 10.3. The highest BCUT2D eigenvalue weighted by atomic mass is 35.5. The summed E-state index contributed by atoms with van der Waals surface area (Å²) >= 11 is 12.8. The number of imide groups is 2. The molecule has 0 aromatic heterocycles. The maximum atomic E-state index is 15.6. The molecule has 4 amide bonds. The molecule has 9 rings (SSSR count). The molecule has 3 N–H and O–H groups in total. The van der Waals surface area contributed by atoms with Crippen LogP contribution in [-0.2, 0) is 24.6 Å². The molecule has 2 saturated heterocycles. The van der Waals surface area contributed by atoms with Crippen LogP contribution in [0.4, 0.5) is 22.7 Å². The number of aliphatic hydroxyl groups excluding tert-OH is 1. The van der Waals surface area contributed by atoms with Crippen molar-refractivity contribution in [3.63, 3.8) is 0 Å². The minimum Gasteiger partial charge on any atom is -0.497 e. The van der Waals surface area contributed by atoms with Crippen LogP contribution in [0.25, 0.3) is 0 Å². The smallest absolute Gasteiger partial charge is 0.260 e. The summed E-state index contributed by atoms with van der Waals surface area (Å²) in [6.45, 7) is -0.278. The molecule has 13 heteroatoms. The normalized spacial score (nSPS) is 24.4. The number of hydrogen-bond donors (Lipinski definition) is 3.